The van der Waals surface area contributed by atoms with Crippen molar-refractivity contribution in [3.05, 3.63) is 52.8 Å². The van der Waals surface area contributed by atoms with Crippen LogP contribution in [0, 0.1) is 13.8 Å². The van der Waals surface area contributed by atoms with Crippen LogP contribution in [-0.4, -0.2) is 36.4 Å². The van der Waals surface area contributed by atoms with Gasteiger partial charge in [0.1, 0.15) is 6.54 Å². The van der Waals surface area contributed by atoms with Gasteiger partial charge >= 0.3 is 0 Å². The molecule has 9 nitrogen and oxygen atoms in total. The van der Waals surface area contributed by atoms with E-state index in [1.165, 1.54) is 0 Å². The predicted molar refractivity (Wildman–Crippen MR) is 119 cm³/mol. The largest absolute Gasteiger partial charge is 0.271 e. The minimum absolute atomic E-state index is 0.0113. The first-order chi connectivity index (χ1) is 14.8. The van der Waals surface area contributed by atoms with Gasteiger partial charge < -0.3 is 0 Å². The Morgan fingerprint density at radius 3 is 2.65 bits per heavy atom. The lowest BCUT2D eigenvalue weighted by Gasteiger charge is -2.11. The summed E-state index contributed by atoms with van der Waals surface area (Å²) in [6.45, 7) is 7.76. The van der Waals surface area contributed by atoms with Crippen molar-refractivity contribution in [2.45, 2.75) is 40.3 Å². The van der Waals surface area contributed by atoms with Gasteiger partial charge in [-0.3, -0.25) is 25.1 Å². The third-order valence-corrected chi connectivity index (χ3v) is 5.68. The number of aromatic nitrogens is 5. The molecule has 0 fully saturated rings. The van der Waals surface area contributed by atoms with E-state index in [0.717, 1.165) is 16.3 Å². The molecule has 0 saturated heterocycles. The first-order valence-electron chi connectivity index (χ1n) is 9.86. The molecule has 0 aliphatic rings. The maximum absolute atomic E-state index is 13.0. The molecule has 0 atom stereocenters. The molecule has 10 heteroatoms. The van der Waals surface area contributed by atoms with E-state index in [1.54, 1.807) is 33.0 Å². The Kier molecular flexibility index (Phi) is 5.55. The lowest BCUT2D eigenvalue weighted by molar-refractivity contribution is -0.122. The van der Waals surface area contributed by atoms with E-state index in [1.807, 2.05) is 51.3 Å². The van der Waals surface area contributed by atoms with Crippen LogP contribution >= 0.6 is 11.3 Å². The average Bonchev–Trinajstić information content (AvgIpc) is 3.45. The molecule has 0 saturated carbocycles. The Morgan fingerprint density at radius 2 is 2.00 bits per heavy atom. The number of carbonyl (C=O) groups is 2. The molecule has 4 aromatic rings. The summed E-state index contributed by atoms with van der Waals surface area (Å²) in [5.74, 6) is -0.809. The number of hydrazine groups is 1. The van der Waals surface area contributed by atoms with E-state index in [4.69, 9.17) is 4.98 Å². The summed E-state index contributed by atoms with van der Waals surface area (Å²) in [5, 5.41) is 11.2. The maximum Gasteiger partial charge on any atom is 0.270 e. The highest BCUT2D eigenvalue weighted by molar-refractivity contribution is 7.13. The second kappa shape index (κ2) is 8.31. The zero-order valence-electron chi connectivity index (χ0n) is 17.7. The molecule has 0 radical (unpaired) electrons. The summed E-state index contributed by atoms with van der Waals surface area (Å²) in [7, 11) is 0. The van der Waals surface area contributed by atoms with E-state index in [-0.39, 0.29) is 18.5 Å². The number of hydrogen-bond acceptors (Lipinski definition) is 6. The molecule has 4 heterocycles. The third kappa shape index (κ3) is 4.19. The number of rotatable bonds is 5. The number of fused-ring (bicyclic) bond motifs is 1. The zero-order chi connectivity index (χ0) is 22.1. The fraction of sp³-hybridized carbons (Fsp3) is 0.286. The van der Waals surface area contributed by atoms with Gasteiger partial charge in [0.15, 0.2) is 5.65 Å². The number of thiophene rings is 1. The van der Waals surface area contributed by atoms with Crippen molar-refractivity contribution in [2.75, 3.05) is 0 Å². The molecule has 0 bridgehead atoms. The SMILES string of the molecule is Cc1cc(C)n(CC(=O)NNC(=O)c2cc(-c3cccs3)nc3c2cnn3C(C)C)n1. The van der Waals surface area contributed by atoms with Gasteiger partial charge in [-0.05, 0) is 51.3 Å². The van der Waals surface area contributed by atoms with Gasteiger partial charge in [0, 0.05) is 11.7 Å². The van der Waals surface area contributed by atoms with Gasteiger partial charge in [-0.25, -0.2) is 9.67 Å². The van der Waals surface area contributed by atoms with Crippen molar-refractivity contribution < 1.29 is 9.59 Å². The fourth-order valence-corrected chi connectivity index (χ4v) is 4.02. The lowest BCUT2D eigenvalue weighted by atomic mass is 10.1. The van der Waals surface area contributed by atoms with Crippen molar-refractivity contribution in [2.24, 2.45) is 0 Å². The minimum atomic E-state index is -0.435. The van der Waals surface area contributed by atoms with Gasteiger partial charge in [0.25, 0.3) is 11.8 Å². The summed E-state index contributed by atoms with van der Waals surface area (Å²) in [6.07, 6.45) is 1.63. The van der Waals surface area contributed by atoms with Crippen LogP contribution in [0.15, 0.2) is 35.8 Å². The van der Waals surface area contributed by atoms with E-state index in [9.17, 15) is 9.59 Å². The molecule has 0 aromatic carbocycles. The molecule has 0 unspecified atom stereocenters. The van der Waals surface area contributed by atoms with Crippen LogP contribution < -0.4 is 10.9 Å². The van der Waals surface area contributed by atoms with Crippen LogP contribution in [0.25, 0.3) is 21.6 Å². The Morgan fingerprint density at radius 1 is 1.19 bits per heavy atom. The maximum atomic E-state index is 13.0. The molecule has 0 aliphatic carbocycles. The average molecular weight is 438 g/mol. The summed E-state index contributed by atoms with van der Waals surface area (Å²) in [6, 6.07) is 7.58. The van der Waals surface area contributed by atoms with Crippen molar-refractivity contribution in [1.29, 1.82) is 0 Å². The first-order valence-corrected chi connectivity index (χ1v) is 10.7. The molecule has 31 heavy (non-hydrogen) atoms. The van der Waals surface area contributed by atoms with Crippen molar-refractivity contribution in [3.8, 4) is 10.6 Å². The van der Waals surface area contributed by atoms with Gasteiger partial charge in [-0.2, -0.15) is 10.2 Å². The smallest absolute Gasteiger partial charge is 0.270 e. The highest BCUT2D eigenvalue weighted by Gasteiger charge is 2.19. The second-order valence-electron chi connectivity index (χ2n) is 7.54. The Balaban J connectivity index is 1.59. The zero-order valence-corrected chi connectivity index (χ0v) is 18.5. The normalized spacial score (nSPS) is 11.3. The highest BCUT2D eigenvalue weighted by atomic mass is 32.1. The van der Waals surface area contributed by atoms with Crippen LogP contribution in [0.2, 0.25) is 0 Å². The molecule has 4 rings (SSSR count). The van der Waals surface area contributed by atoms with Crippen LogP contribution in [-0.2, 0) is 11.3 Å². The quantitative estimate of drug-likeness (QED) is 0.467. The summed E-state index contributed by atoms with van der Waals surface area (Å²) >= 11 is 1.54. The Hall–Kier alpha value is -3.53. The number of nitrogens with one attached hydrogen (secondary N) is 2. The number of aryl methyl sites for hydroxylation is 2. The number of pyridine rings is 1. The molecular formula is C21H23N7O2S. The Labute approximate surface area is 183 Å². The van der Waals surface area contributed by atoms with Gasteiger partial charge in [-0.1, -0.05) is 6.07 Å². The van der Waals surface area contributed by atoms with E-state index < -0.39 is 5.91 Å². The third-order valence-electron chi connectivity index (χ3n) is 4.79. The molecule has 2 amide bonds. The van der Waals surface area contributed by atoms with Crippen LogP contribution in [0.4, 0.5) is 0 Å². The van der Waals surface area contributed by atoms with Gasteiger partial charge in [-0.15, -0.1) is 11.3 Å². The number of nitrogens with zero attached hydrogens (tertiary/aromatic N) is 5. The van der Waals surface area contributed by atoms with Crippen LogP contribution in [0.5, 0.6) is 0 Å². The fourth-order valence-electron chi connectivity index (χ4n) is 3.34. The number of amides is 2. The topological polar surface area (TPSA) is 107 Å². The molecule has 4 aromatic heterocycles. The molecule has 0 spiro atoms. The van der Waals surface area contributed by atoms with Gasteiger partial charge in [0.05, 0.1) is 33.4 Å². The Bertz CT molecular complexity index is 1250. The minimum Gasteiger partial charge on any atom is -0.271 e. The van der Waals surface area contributed by atoms with E-state index in [2.05, 4.69) is 21.0 Å². The molecule has 160 valence electrons. The molecular weight excluding hydrogens is 414 g/mol. The molecule has 0 aliphatic heterocycles. The van der Waals surface area contributed by atoms with E-state index >= 15 is 0 Å². The second-order valence-corrected chi connectivity index (χ2v) is 8.49. The van der Waals surface area contributed by atoms with Crippen molar-refractivity contribution in [3.63, 3.8) is 0 Å². The van der Waals surface area contributed by atoms with E-state index in [0.29, 0.717) is 22.3 Å². The van der Waals surface area contributed by atoms with Crippen LogP contribution in [0.3, 0.4) is 0 Å². The standard InChI is InChI=1S/C21H23N7O2S/c1-12(2)28-20-16(10-22-28)15(9-17(23-20)18-6-5-7-31-18)21(30)25-24-19(29)11-27-14(4)8-13(3)26-27/h5-10,12H,11H2,1-4H3,(H,24,29)(H,25,30). The van der Waals surface area contributed by atoms with Crippen LogP contribution in [0.1, 0.15) is 41.6 Å². The summed E-state index contributed by atoms with van der Waals surface area (Å²) < 4.78 is 3.37. The number of hydrogen-bond donors (Lipinski definition) is 2. The van der Waals surface area contributed by atoms with Gasteiger partial charge in [0.2, 0.25) is 0 Å². The predicted octanol–water partition coefficient (Wildman–Crippen LogP) is 3.02. The first kappa shape index (κ1) is 20.7. The van der Waals surface area contributed by atoms with Crippen molar-refractivity contribution >= 4 is 34.2 Å². The summed E-state index contributed by atoms with van der Waals surface area (Å²) in [4.78, 5) is 31.0. The monoisotopic (exact) mass is 437 g/mol. The number of carbonyl (C=O) groups excluding carboxylic acids is 2. The molecule has 2 N–H and O–H groups in total. The van der Waals surface area contributed by atoms with Crippen molar-refractivity contribution in [1.82, 2.24) is 35.4 Å². The lowest BCUT2D eigenvalue weighted by Crippen LogP contribution is -2.43. The highest BCUT2D eigenvalue weighted by Crippen LogP contribution is 2.28. The summed E-state index contributed by atoms with van der Waals surface area (Å²) in [5.41, 5.74) is 8.38.